The van der Waals surface area contributed by atoms with Gasteiger partial charge in [0.25, 0.3) is 5.91 Å². The van der Waals surface area contributed by atoms with Crippen LogP contribution in [0, 0.1) is 0 Å². The number of carbonyl (C=O) groups excluding carboxylic acids is 1. The number of nitrogen functional groups attached to an aromatic ring is 1. The first-order valence-corrected chi connectivity index (χ1v) is 8.61. The Morgan fingerprint density at radius 2 is 1.73 bits per heavy atom. The highest BCUT2D eigenvalue weighted by molar-refractivity contribution is 6.30. The summed E-state index contributed by atoms with van der Waals surface area (Å²) in [4.78, 5) is 17.0. The number of rotatable bonds is 3. The van der Waals surface area contributed by atoms with E-state index in [1.54, 1.807) is 12.1 Å². The first-order valence-electron chi connectivity index (χ1n) is 8.23. The fourth-order valence-corrected chi connectivity index (χ4v) is 3.16. The number of halogens is 3. The lowest BCUT2D eigenvalue weighted by atomic mass is 10.1. The van der Waals surface area contributed by atoms with Crippen molar-refractivity contribution in [2.75, 3.05) is 31.9 Å². The Labute approximate surface area is 172 Å². The van der Waals surface area contributed by atoms with Gasteiger partial charge in [-0.15, -0.1) is 24.8 Å². The van der Waals surface area contributed by atoms with E-state index in [1.165, 1.54) is 5.56 Å². The standard InChI is InChI=1S/C19H22ClN3O.2ClH/c20-17-7-5-15(6-8-17)14-22-9-2-10-23(12-11-22)19(24)16-3-1-4-18(21)13-16;;/h1,3-8,13H,2,9-12,14,21H2;2*1H. The molecule has 1 aliphatic rings. The molecule has 2 aromatic carbocycles. The second-order valence-corrected chi connectivity index (χ2v) is 6.61. The third-order valence-electron chi connectivity index (χ3n) is 4.33. The number of benzene rings is 2. The van der Waals surface area contributed by atoms with Gasteiger partial charge >= 0.3 is 0 Å². The average molecular weight is 417 g/mol. The third-order valence-corrected chi connectivity index (χ3v) is 4.58. The van der Waals surface area contributed by atoms with Crippen molar-refractivity contribution in [3.05, 3.63) is 64.7 Å². The van der Waals surface area contributed by atoms with Crippen molar-refractivity contribution in [3.63, 3.8) is 0 Å². The predicted molar refractivity (Wildman–Crippen MR) is 113 cm³/mol. The lowest BCUT2D eigenvalue weighted by Crippen LogP contribution is -2.35. The molecular weight excluding hydrogens is 393 g/mol. The van der Waals surface area contributed by atoms with Crippen molar-refractivity contribution in [2.45, 2.75) is 13.0 Å². The van der Waals surface area contributed by atoms with Crippen LogP contribution in [0.2, 0.25) is 5.02 Å². The molecular formula is C19H24Cl3N3O. The summed E-state index contributed by atoms with van der Waals surface area (Å²) < 4.78 is 0. The molecule has 1 amide bonds. The van der Waals surface area contributed by atoms with Crippen molar-refractivity contribution in [1.29, 1.82) is 0 Å². The maximum absolute atomic E-state index is 12.6. The molecule has 0 atom stereocenters. The molecule has 142 valence electrons. The van der Waals surface area contributed by atoms with Crippen molar-refractivity contribution in [3.8, 4) is 0 Å². The number of hydrogen-bond donors (Lipinski definition) is 1. The summed E-state index contributed by atoms with van der Waals surface area (Å²) in [7, 11) is 0. The van der Waals surface area contributed by atoms with E-state index >= 15 is 0 Å². The number of nitrogens with zero attached hydrogens (tertiary/aromatic N) is 2. The molecule has 2 aromatic rings. The molecule has 0 aliphatic carbocycles. The largest absolute Gasteiger partial charge is 0.399 e. The van der Waals surface area contributed by atoms with Gasteiger partial charge in [-0.2, -0.15) is 0 Å². The van der Waals surface area contributed by atoms with Crippen LogP contribution in [-0.2, 0) is 6.54 Å². The van der Waals surface area contributed by atoms with E-state index < -0.39 is 0 Å². The molecule has 26 heavy (non-hydrogen) atoms. The average Bonchev–Trinajstić information content (AvgIpc) is 2.82. The van der Waals surface area contributed by atoms with Gasteiger partial charge in [-0.25, -0.2) is 0 Å². The smallest absolute Gasteiger partial charge is 0.253 e. The van der Waals surface area contributed by atoms with E-state index in [2.05, 4.69) is 17.0 Å². The maximum Gasteiger partial charge on any atom is 0.253 e. The number of carbonyl (C=O) groups is 1. The van der Waals surface area contributed by atoms with Gasteiger partial charge in [-0.05, 0) is 42.3 Å². The normalized spacial score (nSPS) is 14.7. The number of hydrogen-bond acceptors (Lipinski definition) is 3. The van der Waals surface area contributed by atoms with Crippen LogP contribution in [-0.4, -0.2) is 41.9 Å². The van der Waals surface area contributed by atoms with Gasteiger partial charge in [0, 0.05) is 49.0 Å². The van der Waals surface area contributed by atoms with E-state index in [-0.39, 0.29) is 30.7 Å². The Bertz CT molecular complexity index is 709. The highest BCUT2D eigenvalue weighted by Crippen LogP contribution is 2.15. The van der Waals surface area contributed by atoms with Crippen LogP contribution in [0.5, 0.6) is 0 Å². The Kier molecular flexibility index (Phi) is 9.23. The molecule has 7 heteroatoms. The zero-order valence-corrected chi connectivity index (χ0v) is 16.8. The summed E-state index contributed by atoms with van der Waals surface area (Å²) in [6.07, 6.45) is 0.974. The van der Waals surface area contributed by atoms with Crippen LogP contribution in [0.15, 0.2) is 48.5 Å². The zero-order valence-electron chi connectivity index (χ0n) is 14.4. The molecule has 1 aliphatic heterocycles. The minimum Gasteiger partial charge on any atom is -0.399 e. The first-order chi connectivity index (χ1) is 11.6. The van der Waals surface area contributed by atoms with E-state index in [0.29, 0.717) is 11.3 Å². The van der Waals surface area contributed by atoms with Crippen LogP contribution >= 0.6 is 36.4 Å². The molecule has 0 spiro atoms. The lowest BCUT2D eigenvalue weighted by molar-refractivity contribution is 0.0761. The molecule has 4 nitrogen and oxygen atoms in total. The molecule has 0 unspecified atom stereocenters. The molecule has 2 N–H and O–H groups in total. The molecule has 3 rings (SSSR count). The summed E-state index contributed by atoms with van der Waals surface area (Å²) >= 11 is 5.94. The van der Waals surface area contributed by atoms with Crippen LogP contribution in [0.25, 0.3) is 0 Å². The fraction of sp³-hybridized carbons (Fsp3) is 0.316. The van der Waals surface area contributed by atoms with Gasteiger partial charge in [-0.3, -0.25) is 9.69 Å². The SMILES string of the molecule is Cl.Cl.Nc1cccc(C(=O)N2CCCN(Cc3ccc(Cl)cc3)CC2)c1. The van der Waals surface area contributed by atoms with Crippen LogP contribution < -0.4 is 5.73 Å². The minimum absolute atomic E-state index is 0. The fourth-order valence-electron chi connectivity index (χ4n) is 3.03. The van der Waals surface area contributed by atoms with Gasteiger partial charge in [0.05, 0.1) is 0 Å². The van der Waals surface area contributed by atoms with Crippen LogP contribution in [0.1, 0.15) is 22.3 Å². The van der Waals surface area contributed by atoms with Crippen molar-refractivity contribution in [1.82, 2.24) is 9.80 Å². The highest BCUT2D eigenvalue weighted by Gasteiger charge is 2.20. The minimum atomic E-state index is 0. The van der Waals surface area contributed by atoms with Crippen molar-refractivity contribution < 1.29 is 4.79 Å². The Morgan fingerprint density at radius 1 is 1.00 bits per heavy atom. The summed E-state index contributed by atoms with van der Waals surface area (Å²) in [5.41, 5.74) is 8.33. The number of nitrogens with two attached hydrogens (primary N) is 1. The van der Waals surface area contributed by atoms with Crippen LogP contribution in [0.4, 0.5) is 5.69 Å². The van der Waals surface area contributed by atoms with Crippen molar-refractivity contribution in [2.24, 2.45) is 0 Å². The van der Waals surface area contributed by atoms with Gasteiger partial charge in [0.2, 0.25) is 0 Å². The lowest BCUT2D eigenvalue weighted by Gasteiger charge is -2.22. The third kappa shape index (κ3) is 6.06. The zero-order chi connectivity index (χ0) is 16.9. The molecule has 0 saturated carbocycles. The molecule has 1 fully saturated rings. The predicted octanol–water partition coefficient (Wildman–Crippen LogP) is 4.11. The molecule has 0 radical (unpaired) electrons. The Hall–Kier alpha value is -1.46. The topological polar surface area (TPSA) is 49.6 Å². The highest BCUT2D eigenvalue weighted by atomic mass is 35.5. The Balaban J connectivity index is 0.00000169. The summed E-state index contributed by atoms with van der Waals surface area (Å²) in [6.45, 7) is 4.27. The van der Waals surface area contributed by atoms with E-state index in [0.717, 1.165) is 44.2 Å². The summed E-state index contributed by atoms with van der Waals surface area (Å²) in [5.74, 6) is 0.0654. The van der Waals surface area contributed by atoms with Gasteiger partial charge in [0.15, 0.2) is 0 Å². The quantitative estimate of drug-likeness (QED) is 0.766. The summed E-state index contributed by atoms with van der Waals surface area (Å²) in [6, 6.07) is 15.2. The molecule has 0 bridgehead atoms. The van der Waals surface area contributed by atoms with Crippen molar-refractivity contribution >= 4 is 48.0 Å². The van der Waals surface area contributed by atoms with Gasteiger partial charge in [-0.1, -0.05) is 29.8 Å². The van der Waals surface area contributed by atoms with E-state index in [4.69, 9.17) is 17.3 Å². The molecule has 1 heterocycles. The molecule has 1 saturated heterocycles. The van der Waals surface area contributed by atoms with Gasteiger partial charge in [0.1, 0.15) is 0 Å². The number of anilines is 1. The molecule has 0 aromatic heterocycles. The summed E-state index contributed by atoms with van der Waals surface area (Å²) in [5, 5.41) is 0.758. The van der Waals surface area contributed by atoms with E-state index in [9.17, 15) is 4.79 Å². The monoisotopic (exact) mass is 415 g/mol. The second-order valence-electron chi connectivity index (χ2n) is 6.17. The number of amides is 1. The van der Waals surface area contributed by atoms with E-state index in [1.807, 2.05) is 29.2 Å². The second kappa shape index (κ2) is 10.6. The van der Waals surface area contributed by atoms with Crippen LogP contribution in [0.3, 0.4) is 0 Å². The Morgan fingerprint density at radius 3 is 2.42 bits per heavy atom. The first kappa shape index (κ1) is 22.6. The maximum atomic E-state index is 12.6. The van der Waals surface area contributed by atoms with Gasteiger partial charge < -0.3 is 10.6 Å².